The van der Waals surface area contributed by atoms with Crippen LogP contribution in [0, 0.1) is 0 Å². The van der Waals surface area contributed by atoms with E-state index in [9.17, 15) is 28.8 Å². The van der Waals surface area contributed by atoms with Gasteiger partial charge >= 0.3 is 35.8 Å². The van der Waals surface area contributed by atoms with E-state index in [0.29, 0.717) is 36.5 Å². The molecule has 0 fully saturated rings. The fourth-order valence-corrected chi connectivity index (χ4v) is 4.17. The molecule has 1 heterocycles. The first kappa shape index (κ1) is 44.1. The van der Waals surface area contributed by atoms with Gasteiger partial charge in [-0.2, -0.15) is 0 Å². The Hall–Kier alpha value is -5.87. The van der Waals surface area contributed by atoms with Crippen LogP contribution in [0.1, 0.15) is 25.8 Å². The van der Waals surface area contributed by atoms with Crippen LogP contribution in [0.4, 0.5) is 5.69 Å². The van der Waals surface area contributed by atoms with E-state index in [4.69, 9.17) is 35.6 Å². The molecule has 2 aromatic rings. The Kier molecular flexibility index (Phi) is 21.4. The molecule has 6 N–H and O–H groups in total. The molecular weight excluding hydrogens is 656 g/mol. The summed E-state index contributed by atoms with van der Waals surface area (Å²) in [5, 5.41) is 49.5. The maximum absolute atomic E-state index is 9.55. The van der Waals surface area contributed by atoms with Crippen molar-refractivity contribution in [3.63, 3.8) is 0 Å². The van der Waals surface area contributed by atoms with E-state index in [0.717, 1.165) is 51.5 Å². The minimum atomic E-state index is -1.26. The topological polar surface area (TPSA) is 246 Å². The highest BCUT2D eigenvalue weighted by Gasteiger charge is 2.27. The number of anilines is 1. The van der Waals surface area contributed by atoms with Gasteiger partial charge in [-0.05, 0) is 51.6 Å². The zero-order valence-corrected chi connectivity index (χ0v) is 28.3. The largest absolute Gasteiger partial charge is 0.478 e. The first-order valence-electron chi connectivity index (χ1n) is 15.2. The normalized spacial score (nSPS) is 12.4. The Bertz CT molecular complexity index is 1440. The third-order valence-corrected chi connectivity index (χ3v) is 6.33. The summed E-state index contributed by atoms with van der Waals surface area (Å²) in [4.78, 5) is 69.5. The number of aliphatic imine (C=N–C) groups is 1. The number of hydrogen-bond donors (Lipinski definition) is 6. The van der Waals surface area contributed by atoms with E-state index in [1.165, 1.54) is 22.0 Å². The standard InChI is InChI=1S/C22H32N4.3C4H4O4/c1-5-25(6-2)16-17-26-20-13-8-11-18-10-7-12-19(21(18)20)22(26)23-14-9-15-24(3)4;3*5-3(6)1-2-4(7)8/h7-8,10-13H,5-6,9,14-17H2,1-4H3;3*1-2H,(H,5,6)(H,7,8)/b;3*2-1+. The summed E-state index contributed by atoms with van der Waals surface area (Å²) in [6.07, 6.45) is 4.44. The first-order valence-corrected chi connectivity index (χ1v) is 15.2. The van der Waals surface area contributed by atoms with Crippen molar-refractivity contribution in [3.8, 4) is 0 Å². The van der Waals surface area contributed by atoms with Gasteiger partial charge in [0.15, 0.2) is 0 Å². The van der Waals surface area contributed by atoms with Crippen molar-refractivity contribution in [2.24, 2.45) is 4.99 Å². The van der Waals surface area contributed by atoms with Gasteiger partial charge in [0.2, 0.25) is 0 Å². The van der Waals surface area contributed by atoms with E-state index in [2.05, 4.69) is 79.0 Å². The number of amidine groups is 1. The molecule has 1 aliphatic heterocycles. The molecule has 0 spiro atoms. The molecule has 0 atom stereocenters. The molecule has 16 heteroatoms. The van der Waals surface area contributed by atoms with Crippen LogP contribution < -0.4 is 4.90 Å². The van der Waals surface area contributed by atoms with Crippen LogP contribution in [0.15, 0.2) is 77.8 Å². The van der Waals surface area contributed by atoms with E-state index in [1.807, 2.05) is 0 Å². The summed E-state index contributed by atoms with van der Waals surface area (Å²) in [5.41, 5.74) is 2.61. The average molecular weight is 701 g/mol. The minimum absolute atomic E-state index is 0.558. The second kappa shape index (κ2) is 24.3. The fourth-order valence-electron chi connectivity index (χ4n) is 4.17. The van der Waals surface area contributed by atoms with Gasteiger partial charge in [0.05, 0.1) is 5.69 Å². The Morgan fingerprint density at radius 2 is 1.08 bits per heavy atom. The molecule has 0 aliphatic carbocycles. The van der Waals surface area contributed by atoms with Crippen molar-refractivity contribution in [2.45, 2.75) is 20.3 Å². The summed E-state index contributed by atoms with van der Waals surface area (Å²) in [6, 6.07) is 13.2. The highest BCUT2D eigenvalue weighted by Crippen LogP contribution is 2.37. The highest BCUT2D eigenvalue weighted by molar-refractivity contribution is 6.27. The molecule has 0 bridgehead atoms. The monoisotopic (exact) mass is 700 g/mol. The zero-order chi connectivity index (χ0) is 38.2. The van der Waals surface area contributed by atoms with Crippen molar-refractivity contribution in [1.29, 1.82) is 0 Å². The van der Waals surface area contributed by atoms with E-state index < -0.39 is 35.8 Å². The fraction of sp³-hybridized carbons (Fsp3) is 0.324. The quantitative estimate of drug-likeness (QED) is 0.116. The number of likely N-dealkylation sites (N-methyl/N-ethyl adjacent to an activating group) is 1. The molecule has 0 amide bonds. The number of carboxylic acids is 6. The molecule has 50 heavy (non-hydrogen) atoms. The molecule has 0 saturated heterocycles. The summed E-state index contributed by atoms with van der Waals surface area (Å²) < 4.78 is 0. The van der Waals surface area contributed by atoms with Gasteiger partial charge in [-0.1, -0.05) is 44.2 Å². The summed E-state index contributed by atoms with van der Waals surface area (Å²) in [5.74, 6) is -6.39. The number of hydrogen-bond acceptors (Lipinski definition) is 9. The Morgan fingerprint density at radius 1 is 0.660 bits per heavy atom. The second-order valence-electron chi connectivity index (χ2n) is 10.3. The van der Waals surface area contributed by atoms with Crippen molar-refractivity contribution in [1.82, 2.24) is 9.80 Å². The van der Waals surface area contributed by atoms with E-state index in [-0.39, 0.29) is 0 Å². The number of benzene rings is 2. The van der Waals surface area contributed by atoms with Crippen molar-refractivity contribution >= 4 is 58.1 Å². The van der Waals surface area contributed by atoms with Crippen LogP contribution in [-0.4, -0.2) is 135 Å². The SMILES string of the molecule is CCN(CC)CCN1C(=NCCCN(C)C)c2cccc3cccc1c23.O=C(O)/C=C/C(=O)O.O=C(O)/C=C/C(=O)O.O=C(O)/C=C/C(=O)O. The molecule has 0 saturated carbocycles. The third-order valence-electron chi connectivity index (χ3n) is 6.33. The molecule has 0 unspecified atom stereocenters. The van der Waals surface area contributed by atoms with Gasteiger partial charge in [0.1, 0.15) is 5.84 Å². The number of carboxylic acid groups (broad SMARTS) is 6. The Morgan fingerprint density at radius 3 is 1.46 bits per heavy atom. The molecule has 3 rings (SSSR count). The minimum Gasteiger partial charge on any atom is -0.478 e. The molecular formula is C34H44N4O12. The molecule has 1 aliphatic rings. The molecule has 272 valence electrons. The lowest BCUT2D eigenvalue weighted by atomic mass is 10.1. The molecule has 0 radical (unpaired) electrons. The van der Waals surface area contributed by atoms with Crippen LogP contribution in [0.2, 0.25) is 0 Å². The lowest BCUT2D eigenvalue weighted by Gasteiger charge is -2.25. The first-order chi connectivity index (χ1) is 23.5. The number of aliphatic carboxylic acids is 6. The number of rotatable bonds is 15. The number of carbonyl (C=O) groups is 6. The molecule has 2 aromatic carbocycles. The zero-order valence-electron chi connectivity index (χ0n) is 28.3. The van der Waals surface area contributed by atoms with Crippen molar-refractivity contribution in [2.75, 3.05) is 58.3 Å². The van der Waals surface area contributed by atoms with E-state index >= 15 is 0 Å². The van der Waals surface area contributed by atoms with Gasteiger partial charge in [0, 0.05) is 67.0 Å². The van der Waals surface area contributed by atoms with Crippen molar-refractivity contribution < 1.29 is 59.4 Å². The maximum Gasteiger partial charge on any atom is 0.328 e. The maximum atomic E-state index is 9.55. The lowest BCUT2D eigenvalue weighted by Crippen LogP contribution is -2.37. The summed E-state index contributed by atoms with van der Waals surface area (Å²) >= 11 is 0. The Balaban J connectivity index is 0.000000817. The average Bonchev–Trinajstić information content (AvgIpc) is 3.35. The van der Waals surface area contributed by atoms with E-state index in [1.54, 1.807) is 0 Å². The summed E-state index contributed by atoms with van der Waals surface area (Å²) in [6.45, 7) is 10.7. The smallest absolute Gasteiger partial charge is 0.328 e. The highest BCUT2D eigenvalue weighted by atomic mass is 16.4. The van der Waals surface area contributed by atoms with Crippen LogP contribution in [0.3, 0.4) is 0 Å². The van der Waals surface area contributed by atoms with Crippen LogP contribution in [0.5, 0.6) is 0 Å². The number of nitrogens with zero attached hydrogens (tertiary/aromatic N) is 4. The summed E-state index contributed by atoms with van der Waals surface area (Å²) in [7, 11) is 4.24. The van der Waals surface area contributed by atoms with Gasteiger partial charge in [-0.3, -0.25) is 4.99 Å². The van der Waals surface area contributed by atoms with Gasteiger partial charge in [-0.15, -0.1) is 0 Å². The third kappa shape index (κ3) is 19.1. The van der Waals surface area contributed by atoms with Gasteiger partial charge in [-0.25, -0.2) is 28.8 Å². The van der Waals surface area contributed by atoms with Crippen LogP contribution >= 0.6 is 0 Å². The lowest BCUT2D eigenvalue weighted by molar-refractivity contribution is -0.134. The predicted octanol–water partition coefficient (Wildman–Crippen LogP) is 2.84. The molecule has 16 nitrogen and oxygen atoms in total. The van der Waals surface area contributed by atoms with Gasteiger partial charge in [0.25, 0.3) is 0 Å². The molecule has 0 aromatic heterocycles. The predicted molar refractivity (Wildman–Crippen MR) is 187 cm³/mol. The van der Waals surface area contributed by atoms with Gasteiger partial charge < -0.3 is 45.3 Å². The Labute approximate surface area is 289 Å². The second-order valence-corrected chi connectivity index (χ2v) is 10.3. The van der Waals surface area contributed by atoms with Crippen molar-refractivity contribution in [3.05, 3.63) is 78.4 Å². The van der Waals surface area contributed by atoms with Crippen LogP contribution in [-0.2, 0) is 28.8 Å². The van der Waals surface area contributed by atoms with Crippen LogP contribution in [0.25, 0.3) is 10.8 Å².